The minimum absolute atomic E-state index is 0.230. The van der Waals surface area contributed by atoms with E-state index in [9.17, 15) is 4.79 Å². The maximum atomic E-state index is 12.6. The zero-order chi connectivity index (χ0) is 19.2. The van der Waals surface area contributed by atoms with Crippen LogP contribution in [0.5, 0.6) is 11.5 Å². The summed E-state index contributed by atoms with van der Waals surface area (Å²) in [5.41, 5.74) is 2.14. The summed E-state index contributed by atoms with van der Waals surface area (Å²) in [5.74, 6) is 0.880. The van der Waals surface area contributed by atoms with Crippen LogP contribution >= 0.6 is 15.9 Å². The Balaban J connectivity index is 1.76. The lowest BCUT2D eigenvalue weighted by Crippen LogP contribution is -2.12. The van der Waals surface area contributed by atoms with Gasteiger partial charge in [-0.25, -0.2) is 4.98 Å². The van der Waals surface area contributed by atoms with Gasteiger partial charge in [-0.1, -0.05) is 6.92 Å². The highest BCUT2D eigenvalue weighted by Crippen LogP contribution is 2.37. The number of carbonyl (C=O) groups excluding carboxylic acids is 1. The molecule has 1 amide bonds. The Hall–Kier alpha value is -2.80. The summed E-state index contributed by atoms with van der Waals surface area (Å²) in [4.78, 5) is 16.7. The van der Waals surface area contributed by atoms with Crippen LogP contribution < -0.4 is 14.8 Å². The Morgan fingerprint density at radius 2 is 2.04 bits per heavy atom. The van der Waals surface area contributed by atoms with Crippen LogP contribution in [0.25, 0.3) is 5.69 Å². The van der Waals surface area contributed by atoms with Gasteiger partial charge < -0.3 is 19.4 Å². The molecule has 0 saturated carbocycles. The summed E-state index contributed by atoms with van der Waals surface area (Å²) in [7, 11) is 1.55. The summed E-state index contributed by atoms with van der Waals surface area (Å²) in [6, 6.07) is 10.9. The highest BCUT2D eigenvalue weighted by Gasteiger charge is 2.16. The number of carbonyl (C=O) groups is 1. The highest BCUT2D eigenvalue weighted by molar-refractivity contribution is 9.10. The molecule has 1 N–H and O–H groups in total. The van der Waals surface area contributed by atoms with Crippen molar-refractivity contribution >= 4 is 27.5 Å². The van der Waals surface area contributed by atoms with Crippen molar-refractivity contribution in [3.8, 4) is 17.2 Å². The molecule has 6 nitrogen and oxygen atoms in total. The van der Waals surface area contributed by atoms with E-state index >= 15 is 0 Å². The molecule has 0 aliphatic carbocycles. The van der Waals surface area contributed by atoms with E-state index in [0.717, 1.165) is 12.1 Å². The Morgan fingerprint density at radius 1 is 1.26 bits per heavy atom. The van der Waals surface area contributed by atoms with Gasteiger partial charge in [0, 0.05) is 29.3 Å². The molecule has 3 rings (SSSR count). The molecule has 0 fully saturated rings. The Morgan fingerprint density at radius 3 is 2.67 bits per heavy atom. The number of methoxy groups -OCH3 is 1. The number of benzene rings is 2. The van der Waals surface area contributed by atoms with E-state index in [2.05, 4.69) is 26.2 Å². The number of ether oxygens (including phenoxy) is 2. The molecule has 0 spiro atoms. The molecule has 0 aliphatic heterocycles. The second kappa shape index (κ2) is 8.73. The van der Waals surface area contributed by atoms with Crippen LogP contribution in [0.1, 0.15) is 23.7 Å². The molecule has 140 valence electrons. The number of nitrogens with one attached hydrogen (secondary N) is 1. The smallest absolute Gasteiger partial charge is 0.255 e. The number of imidazole rings is 1. The molecular weight excluding hydrogens is 410 g/mol. The van der Waals surface area contributed by atoms with Crippen LogP contribution in [0.4, 0.5) is 5.69 Å². The van der Waals surface area contributed by atoms with E-state index in [-0.39, 0.29) is 5.91 Å². The number of nitrogens with zero attached hydrogens (tertiary/aromatic N) is 2. The fraction of sp³-hybridized carbons (Fsp3) is 0.200. The largest absolute Gasteiger partial charge is 0.493 e. The molecule has 2 aromatic carbocycles. The minimum atomic E-state index is -0.230. The van der Waals surface area contributed by atoms with Gasteiger partial charge in [0.1, 0.15) is 0 Å². The van der Waals surface area contributed by atoms with Gasteiger partial charge >= 0.3 is 0 Å². The quantitative estimate of drug-likeness (QED) is 0.591. The average molecular weight is 430 g/mol. The van der Waals surface area contributed by atoms with Crippen molar-refractivity contribution < 1.29 is 14.3 Å². The van der Waals surface area contributed by atoms with Crippen molar-refractivity contribution in [1.82, 2.24) is 9.55 Å². The fourth-order valence-corrected chi connectivity index (χ4v) is 3.08. The van der Waals surface area contributed by atoms with Crippen molar-refractivity contribution in [3.63, 3.8) is 0 Å². The first-order chi connectivity index (χ1) is 13.1. The lowest BCUT2D eigenvalue weighted by molar-refractivity contribution is 0.102. The van der Waals surface area contributed by atoms with Crippen LogP contribution in [-0.2, 0) is 0 Å². The molecular formula is C20H20BrN3O3. The molecule has 0 saturated heterocycles. The van der Waals surface area contributed by atoms with Gasteiger partial charge in [-0.15, -0.1) is 0 Å². The number of amides is 1. The molecule has 1 aromatic heterocycles. The molecule has 0 unspecified atom stereocenters. The van der Waals surface area contributed by atoms with Gasteiger partial charge in [-0.05, 0) is 58.7 Å². The molecule has 0 bridgehead atoms. The van der Waals surface area contributed by atoms with Gasteiger partial charge in [0.05, 0.1) is 24.5 Å². The van der Waals surface area contributed by atoms with Crippen LogP contribution in [0.3, 0.4) is 0 Å². The van der Waals surface area contributed by atoms with Crippen molar-refractivity contribution in [2.24, 2.45) is 0 Å². The highest BCUT2D eigenvalue weighted by atomic mass is 79.9. The molecule has 1 heterocycles. The van der Waals surface area contributed by atoms with Crippen LogP contribution in [-0.4, -0.2) is 29.2 Å². The number of halogens is 1. The second-order valence-corrected chi connectivity index (χ2v) is 6.66. The molecule has 0 radical (unpaired) electrons. The molecule has 7 heteroatoms. The van der Waals surface area contributed by atoms with E-state index in [1.807, 2.05) is 42.0 Å². The third-order valence-electron chi connectivity index (χ3n) is 3.87. The SMILES string of the molecule is CCCOc1c(Br)cc(C(=O)Nc2ccc(-n3ccnc3)cc2)cc1OC. The monoisotopic (exact) mass is 429 g/mol. The van der Waals surface area contributed by atoms with Crippen molar-refractivity contribution in [1.29, 1.82) is 0 Å². The Kier molecular flexibility index (Phi) is 6.13. The third kappa shape index (κ3) is 4.49. The van der Waals surface area contributed by atoms with Gasteiger partial charge in [0.25, 0.3) is 5.91 Å². The maximum Gasteiger partial charge on any atom is 0.255 e. The number of hydrogen-bond donors (Lipinski definition) is 1. The topological polar surface area (TPSA) is 65.4 Å². The number of anilines is 1. The summed E-state index contributed by atoms with van der Waals surface area (Å²) in [6.07, 6.45) is 6.18. The van der Waals surface area contributed by atoms with E-state index < -0.39 is 0 Å². The summed E-state index contributed by atoms with van der Waals surface area (Å²) < 4.78 is 13.6. The lowest BCUT2D eigenvalue weighted by atomic mass is 10.1. The fourth-order valence-electron chi connectivity index (χ4n) is 2.53. The minimum Gasteiger partial charge on any atom is -0.493 e. The van der Waals surface area contributed by atoms with Crippen molar-refractivity contribution in [3.05, 3.63) is 65.2 Å². The molecule has 0 atom stereocenters. The first-order valence-corrected chi connectivity index (χ1v) is 9.31. The van der Waals surface area contributed by atoms with Crippen LogP contribution in [0.15, 0.2) is 59.6 Å². The average Bonchev–Trinajstić information content (AvgIpc) is 3.21. The number of aromatic nitrogens is 2. The van der Waals surface area contributed by atoms with Crippen molar-refractivity contribution in [2.45, 2.75) is 13.3 Å². The van der Waals surface area contributed by atoms with E-state index in [4.69, 9.17) is 9.47 Å². The van der Waals surface area contributed by atoms with Crippen LogP contribution in [0, 0.1) is 0 Å². The van der Waals surface area contributed by atoms with Gasteiger partial charge in [-0.2, -0.15) is 0 Å². The lowest BCUT2D eigenvalue weighted by Gasteiger charge is -2.14. The number of hydrogen-bond acceptors (Lipinski definition) is 4. The van der Waals surface area contributed by atoms with Gasteiger partial charge in [0.15, 0.2) is 11.5 Å². The van der Waals surface area contributed by atoms with E-state index in [1.54, 1.807) is 31.8 Å². The molecule has 3 aromatic rings. The standard InChI is InChI=1S/C20H20BrN3O3/c1-3-10-27-19-17(21)11-14(12-18(19)26-2)20(25)23-15-4-6-16(7-5-15)24-9-8-22-13-24/h4-9,11-13H,3,10H2,1-2H3,(H,23,25). The second-order valence-electron chi connectivity index (χ2n) is 5.81. The zero-order valence-electron chi connectivity index (χ0n) is 15.1. The summed E-state index contributed by atoms with van der Waals surface area (Å²) in [6.45, 7) is 2.60. The maximum absolute atomic E-state index is 12.6. The first-order valence-electron chi connectivity index (χ1n) is 8.52. The predicted octanol–water partition coefficient (Wildman–Crippen LogP) is 4.68. The van der Waals surface area contributed by atoms with Crippen molar-refractivity contribution in [2.75, 3.05) is 19.0 Å². The van der Waals surface area contributed by atoms with E-state index in [0.29, 0.717) is 33.8 Å². The third-order valence-corrected chi connectivity index (χ3v) is 4.46. The van der Waals surface area contributed by atoms with Gasteiger partial charge in [0.2, 0.25) is 0 Å². The Labute approximate surface area is 166 Å². The zero-order valence-corrected chi connectivity index (χ0v) is 16.7. The Bertz CT molecular complexity index is 909. The van der Waals surface area contributed by atoms with Gasteiger partial charge in [-0.3, -0.25) is 4.79 Å². The molecule has 0 aliphatic rings. The summed E-state index contributed by atoms with van der Waals surface area (Å²) >= 11 is 3.46. The predicted molar refractivity (Wildman–Crippen MR) is 108 cm³/mol. The first kappa shape index (κ1) is 19.0. The van der Waals surface area contributed by atoms with Crippen LogP contribution in [0.2, 0.25) is 0 Å². The normalized spacial score (nSPS) is 10.5. The molecule has 27 heavy (non-hydrogen) atoms. The van der Waals surface area contributed by atoms with E-state index in [1.165, 1.54) is 0 Å². The number of rotatable bonds is 7. The summed E-state index contributed by atoms with van der Waals surface area (Å²) in [5, 5.41) is 2.89.